The number of aliphatic hydroxyl groups excluding tert-OH is 1. The lowest BCUT2D eigenvalue weighted by atomic mass is 10.1. The van der Waals surface area contributed by atoms with Crippen LogP contribution in [0.15, 0.2) is 40.2 Å². The molecule has 1 aromatic carbocycles. The number of aromatic nitrogens is 5. The maximum atomic E-state index is 14.3. The third kappa shape index (κ3) is 4.64. The van der Waals surface area contributed by atoms with Crippen molar-refractivity contribution in [2.75, 3.05) is 33.9 Å². The Morgan fingerprint density at radius 2 is 1.97 bits per heavy atom. The summed E-state index contributed by atoms with van der Waals surface area (Å²) in [6.07, 6.45) is 2.36. The molecule has 206 valence electrons. The largest absolute Gasteiger partial charge is 0.496 e. The Morgan fingerprint density at radius 1 is 1.23 bits per heavy atom. The van der Waals surface area contributed by atoms with Crippen LogP contribution in [0.25, 0.3) is 15.2 Å². The third-order valence-electron chi connectivity index (χ3n) is 6.83. The Morgan fingerprint density at radius 3 is 2.62 bits per heavy atom. The van der Waals surface area contributed by atoms with Crippen LogP contribution in [0.5, 0.6) is 5.75 Å². The van der Waals surface area contributed by atoms with Crippen LogP contribution in [0.1, 0.15) is 29.7 Å². The molecule has 3 aromatic heterocycles. The summed E-state index contributed by atoms with van der Waals surface area (Å²) in [7, 11) is 3.05. The molecule has 4 aromatic rings. The molecule has 0 radical (unpaired) electrons. The van der Waals surface area contributed by atoms with Gasteiger partial charge in [-0.2, -0.15) is 10.2 Å². The highest BCUT2D eigenvalue weighted by Crippen LogP contribution is 2.34. The van der Waals surface area contributed by atoms with Crippen molar-refractivity contribution >= 4 is 27.5 Å². The Balaban J connectivity index is 1.77. The number of aryl methyl sites for hydroxylation is 1. The van der Waals surface area contributed by atoms with Gasteiger partial charge in [-0.1, -0.05) is 11.3 Å². The predicted octanol–water partition coefficient (Wildman–Crippen LogP) is 1.41. The van der Waals surface area contributed by atoms with Crippen molar-refractivity contribution in [1.82, 2.24) is 29.0 Å². The minimum atomic E-state index is -0.961. The number of halogens is 1. The lowest BCUT2D eigenvalue weighted by Crippen LogP contribution is -2.44. The van der Waals surface area contributed by atoms with Gasteiger partial charge in [0.2, 0.25) is 5.91 Å². The molecule has 1 N–H and O–H groups in total. The van der Waals surface area contributed by atoms with Crippen LogP contribution >= 0.6 is 11.3 Å². The van der Waals surface area contributed by atoms with Crippen LogP contribution in [0.3, 0.4) is 0 Å². The predicted molar refractivity (Wildman–Crippen MR) is 140 cm³/mol. The lowest BCUT2D eigenvalue weighted by molar-refractivity contribution is -0.129. The highest BCUT2D eigenvalue weighted by Gasteiger charge is 2.35. The van der Waals surface area contributed by atoms with Gasteiger partial charge in [0.25, 0.3) is 5.56 Å². The average Bonchev–Trinajstić information content (AvgIpc) is 3.65. The van der Waals surface area contributed by atoms with E-state index in [1.807, 2.05) is 0 Å². The van der Waals surface area contributed by atoms with Crippen LogP contribution in [-0.4, -0.2) is 74.0 Å². The molecular weight excluding hydrogens is 531 g/mol. The topological polar surface area (TPSA) is 134 Å². The molecule has 0 spiro atoms. The second kappa shape index (κ2) is 10.7. The summed E-state index contributed by atoms with van der Waals surface area (Å²) >= 11 is 1.15. The number of hydrogen-bond donors (Lipinski definition) is 1. The smallest absolute Gasteiger partial charge is 0.332 e. The van der Waals surface area contributed by atoms with Crippen molar-refractivity contribution in [2.24, 2.45) is 0 Å². The van der Waals surface area contributed by atoms with Crippen molar-refractivity contribution in [3.05, 3.63) is 68.4 Å². The zero-order chi connectivity index (χ0) is 27.8. The number of ether oxygens (including phenoxy) is 2. The maximum Gasteiger partial charge on any atom is 0.332 e. The number of benzene rings is 1. The van der Waals surface area contributed by atoms with Crippen molar-refractivity contribution < 1.29 is 23.8 Å². The van der Waals surface area contributed by atoms with Gasteiger partial charge in [0.15, 0.2) is 0 Å². The number of likely N-dealkylation sites (tertiary alicyclic amines) is 1. The molecule has 1 aliphatic heterocycles. The molecule has 5 rings (SSSR count). The van der Waals surface area contributed by atoms with Gasteiger partial charge in [0.05, 0.1) is 44.6 Å². The number of hydrogen-bond acceptors (Lipinski definition) is 9. The number of methoxy groups -OCH3 is 1. The second-order valence-electron chi connectivity index (χ2n) is 9.13. The molecule has 0 saturated carbocycles. The molecule has 1 saturated heterocycles. The fourth-order valence-electron chi connectivity index (χ4n) is 4.90. The minimum absolute atomic E-state index is 0.0975. The van der Waals surface area contributed by atoms with Gasteiger partial charge >= 0.3 is 5.69 Å². The van der Waals surface area contributed by atoms with Gasteiger partial charge in [-0.15, -0.1) is 4.80 Å². The average molecular weight is 559 g/mol. The van der Waals surface area contributed by atoms with Crippen LogP contribution in [0.4, 0.5) is 4.39 Å². The van der Waals surface area contributed by atoms with Crippen LogP contribution < -0.4 is 16.0 Å². The number of aliphatic hydroxyl groups is 1. The van der Waals surface area contributed by atoms with E-state index >= 15 is 0 Å². The summed E-state index contributed by atoms with van der Waals surface area (Å²) in [4.78, 5) is 43.9. The van der Waals surface area contributed by atoms with Gasteiger partial charge in [-0.05, 0) is 31.5 Å². The summed E-state index contributed by atoms with van der Waals surface area (Å²) in [6, 6.07) is 2.97. The van der Waals surface area contributed by atoms with E-state index in [0.29, 0.717) is 39.7 Å². The standard InChI is InChI=1S/C25H27FN6O6S/c1-14-20-22(35)31(17-6-9-29(2)21(17)34)25(36)30(24(20)39-23(14)32-27-7-8-28-32)13-19(38-11-10-33)16-12-15(26)4-5-18(16)37-3/h4-5,7-8,12,17,19,33H,6,9-11,13H2,1-3H3/t17-,19+/m1/s1. The second-order valence-corrected chi connectivity index (χ2v) is 10.1. The summed E-state index contributed by atoms with van der Waals surface area (Å²) < 4.78 is 28.0. The molecule has 39 heavy (non-hydrogen) atoms. The summed E-state index contributed by atoms with van der Waals surface area (Å²) in [5, 5.41) is 18.6. The molecule has 0 unspecified atom stereocenters. The van der Waals surface area contributed by atoms with Crippen molar-refractivity contribution in [3.63, 3.8) is 0 Å². The Kier molecular flexibility index (Phi) is 7.34. The van der Waals surface area contributed by atoms with E-state index in [0.717, 1.165) is 15.9 Å². The Bertz CT molecular complexity index is 1650. The van der Waals surface area contributed by atoms with E-state index in [-0.39, 0.29) is 31.1 Å². The Labute approximate surface area is 225 Å². The van der Waals surface area contributed by atoms with Crippen molar-refractivity contribution in [1.29, 1.82) is 0 Å². The van der Waals surface area contributed by atoms with Crippen LogP contribution in [-0.2, 0) is 16.1 Å². The van der Waals surface area contributed by atoms with Gasteiger partial charge in [0.1, 0.15) is 33.5 Å². The molecular formula is C25H27FN6O6S. The molecule has 12 nitrogen and oxygen atoms in total. The Hall–Kier alpha value is -3.88. The molecule has 1 amide bonds. The summed E-state index contributed by atoms with van der Waals surface area (Å²) in [5.41, 5.74) is -0.408. The molecule has 4 heterocycles. The normalized spacial score (nSPS) is 16.4. The highest BCUT2D eigenvalue weighted by atomic mass is 32.1. The monoisotopic (exact) mass is 558 g/mol. The van der Waals surface area contributed by atoms with Crippen LogP contribution in [0.2, 0.25) is 0 Å². The zero-order valence-electron chi connectivity index (χ0n) is 21.5. The molecule has 0 aliphatic carbocycles. The first-order valence-electron chi connectivity index (χ1n) is 12.2. The van der Waals surface area contributed by atoms with Gasteiger partial charge in [-0.25, -0.2) is 13.8 Å². The number of likely N-dealkylation sites (N-methyl/N-ethyl adjacent to an activating group) is 1. The number of rotatable bonds is 9. The molecule has 0 bridgehead atoms. The number of nitrogens with zero attached hydrogens (tertiary/aromatic N) is 6. The minimum Gasteiger partial charge on any atom is -0.496 e. The number of fused-ring (bicyclic) bond motifs is 1. The summed E-state index contributed by atoms with van der Waals surface area (Å²) in [5.74, 6) is -0.542. The number of amides is 1. The summed E-state index contributed by atoms with van der Waals surface area (Å²) in [6.45, 7) is 1.57. The number of carbonyl (C=O) groups is 1. The lowest BCUT2D eigenvalue weighted by Gasteiger charge is -2.23. The van der Waals surface area contributed by atoms with E-state index in [2.05, 4.69) is 10.2 Å². The van der Waals surface area contributed by atoms with Crippen molar-refractivity contribution in [3.8, 4) is 10.8 Å². The molecule has 14 heteroatoms. The van der Waals surface area contributed by atoms with E-state index in [9.17, 15) is 23.9 Å². The van der Waals surface area contributed by atoms with E-state index in [1.54, 1.807) is 14.0 Å². The van der Waals surface area contributed by atoms with Gasteiger partial charge in [-0.3, -0.25) is 14.2 Å². The fourth-order valence-corrected chi connectivity index (χ4v) is 6.12. The zero-order valence-corrected chi connectivity index (χ0v) is 22.4. The van der Waals surface area contributed by atoms with Gasteiger partial charge in [0, 0.05) is 24.7 Å². The molecule has 2 atom stereocenters. The highest BCUT2D eigenvalue weighted by molar-refractivity contribution is 7.21. The first-order valence-corrected chi connectivity index (χ1v) is 13.0. The van der Waals surface area contributed by atoms with E-state index in [4.69, 9.17) is 9.47 Å². The molecule has 1 fully saturated rings. The first-order chi connectivity index (χ1) is 18.8. The third-order valence-corrected chi connectivity index (χ3v) is 8.11. The van der Waals surface area contributed by atoms with Crippen molar-refractivity contribution in [2.45, 2.75) is 32.0 Å². The van der Waals surface area contributed by atoms with E-state index in [1.165, 1.54) is 52.0 Å². The molecule has 1 aliphatic rings. The van der Waals surface area contributed by atoms with Crippen LogP contribution in [0, 0.1) is 12.7 Å². The SMILES string of the molecule is COc1ccc(F)cc1[C@H](Cn1c(=O)n([C@@H]2CCN(C)C2=O)c(=O)c2c(C)c(-n3nccn3)sc21)OCCO. The quantitative estimate of drug-likeness (QED) is 0.326. The number of carbonyl (C=O) groups excluding carboxylic acids is 1. The first kappa shape index (κ1) is 26.7. The fraction of sp³-hybridized carbons (Fsp3) is 0.400. The van der Waals surface area contributed by atoms with Gasteiger partial charge < -0.3 is 19.5 Å². The maximum absolute atomic E-state index is 14.3. The van der Waals surface area contributed by atoms with E-state index < -0.39 is 29.2 Å². The number of thiophene rings is 1.